The lowest BCUT2D eigenvalue weighted by Crippen LogP contribution is -2.06. The summed E-state index contributed by atoms with van der Waals surface area (Å²) in [6.07, 6.45) is 0. The minimum atomic E-state index is -0.252. The third-order valence-corrected chi connectivity index (χ3v) is 6.20. The average Bonchev–Trinajstić information content (AvgIpc) is 2.98. The van der Waals surface area contributed by atoms with Crippen molar-refractivity contribution in [3.8, 4) is 40.1 Å². The topological polar surface area (TPSA) is 76.4 Å². The second kappa shape index (κ2) is 11.6. The highest BCUT2D eigenvalue weighted by Gasteiger charge is 2.19. The van der Waals surface area contributed by atoms with Gasteiger partial charge in [-0.05, 0) is 23.3 Å². The van der Waals surface area contributed by atoms with E-state index in [-0.39, 0.29) is 12.0 Å². The second-order valence-electron chi connectivity index (χ2n) is 8.73. The standard InChI is InChI=1S/C32H28O7/c1-34-29-14-23(15-30(35-2)32(29)36-3)26-18-25(33)31-27(38-20-22-12-8-5-9-13-22)16-24(17-28(31)39-26)37-19-21-10-6-4-7-11-21/h4-18H,19-20H2,1-3H3. The molecule has 0 radical (unpaired) electrons. The molecule has 0 aliphatic rings. The van der Waals surface area contributed by atoms with Gasteiger partial charge in [0.2, 0.25) is 5.75 Å². The second-order valence-corrected chi connectivity index (χ2v) is 8.73. The van der Waals surface area contributed by atoms with E-state index in [9.17, 15) is 4.79 Å². The summed E-state index contributed by atoms with van der Waals surface area (Å²) in [4.78, 5) is 13.5. The van der Waals surface area contributed by atoms with Crippen molar-refractivity contribution in [2.75, 3.05) is 21.3 Å². The summed E-state index contributed by atoms with van der Waals surface area (Å²) >= 11 is 0. The van der Waals surface area contributed by atoms with Gasteiger partial charge in [0.05, 0.1) is 21.3 Å². The highest BCUT2D eigenvalue weighted by Crippen LogP contribution is 2.42. The molecule has 1 heterocycles. The Morgan fingerprint density at radius 1 is 0.641 bits per heavy atom. The lowest BCUT2D eigenvalue weighted by molar-refractivity contribution is 0.292. The number of benzene rings is 4. The Bertz CT molecular complexity index is 1600. The molecular weight excluding hydrogens is 496 g/mol. The molecule has 0 saturated carbocycles. The SMILES string of the molecule is COc1cc(-c2cc(=O)c3c(OCc4ccccc4)cc(OCc4ccccc4)cc3o2)cc(OC)c1OC. The molecule has 0 saturated heterocycles. The molecule has 5 rings (SSSR count). The molecule has 0 fully saturated rings. The van der Waals surface area contributed by atoms with E-state index in [2.05, 4.69) is 0 Å². The number of fused-ring (bicyclic) bond motifs is 1. The predicted molar refractivity (Wildman–Crippen MR) is 149 cm³/mol. The van der Waals surface area contributed by atoms with E-state index < -0.39 is 0 Å². The minimum absolute atomic E-state index is 0.252. The van der Waals surface area contributed by atoms with E-state index in [4.69, 9.17) is 28.1 Å². The van der Waals surface area contributed by atoms with Gasteiger partial charge in [-0.15, -0.1) is 0 Å². The Morgan fingerprint density at radius 3 is 1.79 bits per heavy atom. The molecule has 5 aromatic rings. The van der Waals surface area contributed by atoms with Crippen LogP contribution in [0, 0.1) is 0 Å². The Balaban J connectivity index is 1.59. The Morgan fingerprint density at radius 2 is 1.23 bits per heavy atom. The zero-order valence-electron chi connectivity index (χ0n) is 21.9. The van der Waals surface area contributed by atoms with Gasteiger partial charge in [0.1, 0.15) is 41.4 Å². The normalized spacial score (nSPS) is 10.7. The van der Waals surface area contributed by atoms with Gasteiger partial charge in [0, 0.05) is 23.8 Å². The maximum Gasteiger partial charge on any atom is 0.203 e. The van der Waals surface area contributed by atoms with E-state index in [0.717, 1.165) is 11.1 Å². The van der Waals surface area contributed by atoms with Crippen LogP contribution >= 0.6 is 0 Å². The van der Waals surface area contributed by atoms with Crippen molar-refractivity contribution in [3.63, 3.8) is 0 Å². The molecule has 0 amide bonds. The van der Waals surface area contributed by atoms with Crippen molar-refractivity contribution in [1.29, 1.82) is 0 Å². The van der Waals surface area contributed by atoms with Crippen molar-refractivity contribution in [2.45, 2.75) is 13.2 Å². The molecule has 0 spiro atoms. The van der Waals surface area contributed by atoms with E-state index in [1.807, 2.05) is 60.7 Å². The first-order valence-corrected chi connectivity index (χ1v) is 12.4. The summed E-state index contributed by atoms with van der Waals surface area (Å²) in [5.41, 5.74) is 2.65. The average molecular weight is 525 g/mol. The van der Waals surface area contributed by atoms with Crippen LogP contribution in [0.3, 0.4) is 0 Å². The number of rotatable bonds is 10. The molecule has 0 unspecified atom stereocenters. The summed E-state index contributed by atoms with van der Waals surface area (Å²) in [6, 6.07) is 27.9. The number of methoxy groups -OCH3 is 3. The van der Waals surface area contributed by atoms with E-state index in [1.165, 1.54) is 27.4 Å². The van der Waals surface area contributed by atoms with Gasteiger partial charge in [-0.1, -0.05) is 60.7 Å². The molecule has 198 valence electrons. The Kier molecular flexibility index (Phi) is 7.68. The molecule has 0 aliphatic heterocycles. The fraction of sp³-hybridized carbons (Fsp3) is 0.156. The van der Waals surface area contributed by atoms with Crippen LogP contribution < -0.4 is 29.1 Å². The zero-order valence-corrected chi connectivity index (χ0v) is 21.9. The number of hydrogen-bond donors (Lipinski definition) is 0. The van der Waals surface area contributed by atoms with Crippen molar-refractivity contribution in [3.05, 3.63) is 112 Å². The lowest BCUT2D eigenvalue weighted by atomic mass is 10.1. The van der Waals surface area contributed by atoms with E-state index >= 15 is 0 Å². The van der Waals surface area contributed by atoms with Crippen LogP contribution in [0.5, 0.6) is 28.7 Å². The first kappa shape index (κ1) is 25.7. The van der Waals surface area contributed by atoms with Crippen LogP contribution in [-0.4, -0.2) is 21.3 Å². The fourth-order valence-electron chi connectivity index (χ4n) is 4.27. The van der Waals surface area contributed by atoms with Gasteiger partial charge in [0.25, 0.3) is 0 Å². The quantitative estimate of drug-likeness (QED) is 0.203. The van der Waals surface area contributed by atoms with Crippen LogP contribution in [-0.2, 0) is 13.2 Å². The molecular formula is C32H28O7. The van der Waals surface area contributed by atoms with E-state index in [0.29, 0.717) is 57.6 Å². The molecule has 0 atom stereocenters. The summed E-state index contributed by atoms with van der Waals surface area (Å²) < 4.78 is 34.9. The molecule has 0 N–H and O–H groups in total. The van der Waals surface area contributed by atoms with Gasteiger partial charge in [-0.2, -0.15) is 0 Å². The predicted octanol–water partition coefficient (Wildman–Crippen LogP) is 6.64. The Labute approximate surface area is 226 Å². The molecule has 0 bridgehead atoms. The maximum atomic E-state index is 13.5. The van der Waals surface area contributed by atoms with Crippen molar-refractivity contribution in [1.82, 2.24) is 0 Å². The molecule has 39 heavy (non-hydrogen) atoms. The van der Waals surface area contributed by atoms with Gasteiger partial charge in [0.15, 0.2) is 16.9 Å². The third-order valence-electron chi connectivity index (χ3n) is 6.20. The van der Waals surface area contributed by atoms with Crippen LogP contribution in [0.25, 0.3) is 22.3 Å². The van der Waals surface area contributed by atoms with Crippen LogP contribution in [0.2, 0.25) is 0 Å². The lowest BCUT2D eigenvalue weighted by Gasteiger charge is -2.15. The fourth-order valence-corrected chi connectivity index (χ4v) is 4.27. The summed E-state index contributed by atoms with van der Waals surface area (Å²) in [7, 11) is 4.60. The zero-order chi connectivity index (χ0) is 27.2. The molecule has 1 aromatic heterocycles. The number of ether oxygens (including phenoxy) is 5. The summed E-state index contributed by atoms with van der Waals surface area (Å²) in [5.74, 6) is 2.56. The first-order valence-electron chi connectivity index (χ1n) is 12.4. The maximum absolute atomic E-state index is 13.5. The largest absolute Gasteiger partial charge is 0.493 e. The molecule has 4 aromatic carbocycles. The summed E-state index contributed by atoms with van der Waals surface area (Å²) in [6.45, 7) is 0.632. The van der Waals surface area contributed by atoms with Crippen molar-refractivity contribution in [2.24, 2.45) is 0 Å². The van der Waals surface area contributed by atoms with Crippen LogP contribution in [0.1, 0.15) is 11.1 Å². The minimum Gasteiger partial charge on any atom is -0.493 e. The molecule has 7 nitrogen and oxygen atoms in total. The third kappa shape index (κ3) is 5.67. The van der Waals surface area contributed by atoms with Gasteiger partial charge < -0.3 is 28.1 Å². The highest BCUT2D eigenvalue weighted by molar-refractivity contribution is 5.86. The van der Waals surface area contributed by atoms with Crippen LogP contribution in [0.4, 0.5) is 0 Å². The number of hydrogen-bond acceptors (Lipinski definition) is 7. The van der Waals surface area contributed by atoms with Crippen molar-refractivity contribution < 1.29 is 28.1 Å². The van der Waals surface area contributed by atoms with E-state index in [1.54, 1.807) is 24.3 Å². The molecule has 7 heteroatoms. The first-order chi connectivity index (χ1) is 19.1. The Hall–Kier alpha value is -4.91. The van der Waals surface area contributed by atoms with Crippen molar-refractivity contribution >= 4 is 11.0 Å². The van der Waals surface area contributed by atoms with Crippen LogP contribution in [0.15, 0.2) is 100 Å². The van der Waals surface area contributed by atoms with Gasteiger partial charge in [-0.3, -0.25) is 4.79 Å². The monoisotopic (exact) mass is 524 g/mol. The van der Waals surface area contributed by atoms with Gasteiger partial charge in [-0.25, -0.2) is 0 Å². The summed E-state index contributed by atoms with van der Waals surface area (Å²) in [5, 5.41) is 0.328. The molecule has 0 aliphatic carbocycles. The smallest absolute Gasteiger partial charge is 0.203 e. The highest BCUT2D eigenvalue weighted by atomic mass is 16.5. The van der Waals surface area contributed by atoms with Gasteiger partial charge >= 0.3 is 0 Å².